The van der Waals surface area contributed by atoms with Crippen LogP contribution in [0, 0.1) is 0 Å². The molecular formula is C12H17ClN4OS. The van der Waals surface area contributed by atoms with Crippen molar-refractivity contribution in [2.75, 3.05) is 19.1 Å². The lowest BCUT2D eigenvalue weighted by atomic mass is 10.2. The van der Waals surface area contributed by atoms with E-state index in [0.717, 1.165) is 23.6 Å². The number of hydrogen-bond acceptors (Lipinski definition) is 5. The molecule has 0 aliphatic rings. The normalized spacial score (nSPS) is 12.8. The van der Waals surface area contributed by atoms with E-state index in [9.17, 15) is 0 Å². The number of fused-ring (bicyclic) bond motifs is 1. The Balaban J connectivity index is 2.63. The highest BCUT2D eigenvalue weighted by Crippen LogP contribution is 2.28. The Kier molecular flexibility index (Phi) is 4.87. The first-order valence-corrected chi connectivity index (χ1v) is 8.00. The van der Waals surface area contributed by atoms with Crippen LogP contribution in [0.2, 0.25) is 0 Å². The molecule has 1 atom stereocenters. The van der Waals surface area contributed by atoms with Gasteiger partial charge in [0.05, 0.1) is 13.0 Å². The number of nitrogens with zero attached hydrogens (tertiary/aromatic N) is 4. The van der Waals surface area contributed by atoms with Gasteiger partial charge in [-0.1, -0.05) is 6.92 Å². The molecule has 0 saturated heterocycles. The van der Waals surface area contributed by atoms with Gasteiger partial charge in [0.25, 0.3) is 0 Å². The highest BCUT2D eigenvalue weighted by Gasteiger charge is 2.20. The lowest BCUT2D eigenvalue weighted by molar-refractivity contribution is 0.401. The number of halogens is 1. The predicted molar refractivity (Wildman–Crippen MR) is 79.1 cm³/mol. The smallest absolute Gasteiger partial charge is 0.245 e. The molecule has 0 N–H and O–H groups in total. The van der Waals surface area contributed by atoms with Crippen molar-refractivity contribution in [3.8, 4) is 5.88 Å². The molecular weight excluding hydrogens is 284 g/mol. The van der Waals surface area contributed by atoms with Gasteiger partial charge in [-0.2, -0.15) is 16.7 Å². The summed E-state index contributed by atoms with van der Waals surface area (Å²) in [5.74, 6) is 2.66. The second kappa shape index (κ2) is 6.43. The average Bonchev–Trinajstić information content (AvgIpc) is 2.83. The maximum atomic E-state index is 6.02. The first kappa shape index (κ1) is 14.4. The first-order chi connectivity index (χ1) is 9.26. The molecule has 2 rings (SSSR count). The van der Waals surface area contributed by atoms with Gasteiger partial charge in [0.2, 0.25) is 5.88 Å². The average molecular weight is 301 g/mol. The molecule has 2 aromatic heterocycles. The Morgan fingerprint density at radius 1 is 1.47 bits per heavy atom. The molecule has 104 valence electrons. The van der Waals surface area contributed by atoms with Gasteiger partial charge in [-0.05, 0) is 12.7 Å². The van der Waals surface area contributed by atoms with Gasteiger partial charge >= 0.3 is 0 Å². The van der Waals surface area contributed by atoms with E-state index in [4.69, 9.17) is 16.3 Å². The molecule has 0 aromatic carbocycles. The fourth-order valence-electron chi connectivity index (χ4n) is 2.13. The van der Waals surface area contributed by atoms with E-state index in [1.165, 1.54) is 6.33 Å². The summed E-state index contributed by atoms with van der Waals surface area (Å²) in [6.45, 7) is 2.16. The molecule has 5 nitrogen and oxygen atoms in total. The van der Waals surface area contributed by atoms with Crippen LogP contribution < -0.4 is 4.74 Å². The van der Waals surface area contributed by atoms with Crippen molar-refractivity contribution in [2.24, 2.45) is 0 Å². The highest BCUT2D eigenvalue weighted by atomic mass is 35.5. The SMILES string of the molecule is CCC(CSC)n1c(CCl)nc2c(OC)ncnc21. The van der Waals surface area contributed by atoms with E-state index in [0.29, 0.717) is 23.3 Å². The van der Waals surface area contributed by atoms with E-state index < -0.39 is 0 Å². The molecule has 2 heterocycles. The monoisotopic (exact) mass is 300 g/mol. The molecule has 7 heteroatoms. The Hall–Kier alpha value is -1.01. The van der Waals surface area contributed by atoms with Crippen molar-refractivity contribution in [3.05, 3.63) is 12.2 Å². The standard InChI is InChI=1S/C12H17ClN4OS/c1-4-8(6-19-3)17-9(5-13)16-10-11(17)14-7-15-12(10)18-2/h7-8H,4-6H2,1-3H3. The van der Waals surface area contributed by atoms with Crippen LogP contribution in [0.15, 0.2) is 6.33 Å². The fourth-order valence-corrected chi connectivity index (χ4v) is 3.09. The van der Waals surface area contributed by atoms with E-state index in [1.54, 1.807) is 18.9 Å². The van der Waals surface area contributed by atoms with Gasteiger partial charge in [-0.15, -0.1) is 11.6 Å². The number of thioether (sulfide) groups is 1. The summed E-state index contributed by atoms with van der Waals surface area (Å²) >= 11 is 7.83. The Morgan fingerprint density at radius 3 is 2.84 bits per heavy atom. The zero-order chi connectivity index (χ0) is 13.8. The third-order valence-corrected chi connectivity index (χ3v) is 3.98. The van der Waals surface area contributed by atoms with Crippen molar-refractivity contribution in [1.82, 2.24) is 19.5 Å². The second-order valence-electron chi connectivity index (χ2n) is 4.10. The summed E-state index contributed by atoms with van der Waals surface area (Å²) in [4.78, 5) is 13.0. The Labute approximate surface area is 121 Å². The molecule has 0 saturated carbocycles. The first-order valence-electron chi connectivity index (χ1n) is 6.07. The predicted octanol–water partition coefficient (Wildman–Crippen LogP) is 2.89. The minimum absolute atomic E-state index is 0.327. The van der Waals surface area contributed by atoms with E-state index in [2.05, 4.69) is 32.7 Å². The van der Waals surface area contributed by atoms with Gasteiger partial charge < -0.3 is 9.30 Å². The summed E-state index contributed by atoms with van der Waals surface area (Å²) in [6.07, 6.45) is 4.60. The van der Waals surface area contributed by atoms with Crippen LogP contribution in [-0.4, -0.2) is 38.6 Å². The minimum Gasteiger partial charge on any atom is -0.479 e. The summed E-state index contributed by atoms with van der Waals surface area (Å²) in [7, 11) is 1.58. The van der Waals surface area contributed by atoms with E-state index >= 15 is 0 Å². The van der Waals surface area contributed by atoms with Crippen LogP contribution >= 0.6 is 23.4 Å². The number of alkyl halides is 1. The van der Waals surface area contributed by atoms with Gasteiger partial charge in [0.15, 0.2) is 11.2 Å². The van der Waals surface area contributed by atoms with Crippen molar-refractivity contribution < 1.29 is 4.74 Å². The number of aromatic nitrogens is 4. The molecule has 2 aromatic rings. The Bertz CT molecular complexity index is 560. The van der Waals surface area contributed by atoms with Crippen LogP contribution in [0.5, 0.6) is 5.88 Å². The van der Waals surface area contributed by atoms with Gasteiger partial charge in [-0.25, -0.2) is 9.97 Å². The molecule has 0 radical (unpaired) electrons. The number of hydrogen-bond donors (Lipinski definition) is 0. The molecule has 0 fully saturated rings. The van der Waals surface area contributed by atoms with Gasteiger partial charge in [-0.3, -0.25) is 0 Å². The van der Waals surface area contributed by atoms with Crippen LogP contribution in [0.1, 0.15) is 25.2 Å². The highest BCUT2D eigenvalue weighted by molar-refractivity contribution is 7.98. The van der Waals surface area contributed by atoms with Crippen molar-refractivity contribution >= 4 is 34.5 Å². The van der Waals surface area contributed by atoms with Crippen molar-refractivity contribution in [1.29, 1.82) is 0 Å². The maximum absolute atomic E-state index is 6.02. The topological polar surface area (TPSA) is 52.8 Å². The summed E-state index contributed by atoms with van der Waals surface area (Å²) in [6, 6.07) is 0.327. The van der Waals surface area contributed by atoms with Crippen molar-refractivity contribution in [2.45, 2.75) is 25.3 Å². The minimum atomic E-state index is 0.327. The molecule has 0 amide bonds. The number of ether oxygens (including phenoxy) is 1. The largest absolute Gasteiger partial charge is 0.479 e. The Morgan fingerprint density at radius 2 is 2.26 bits per heavy atom. The fraction of sp³-hybridized carbons (Fsp3) is 0.583. The van der Waals surface area contributed by atoms with Crippen molar-refractivity contribution in [3.63, 3.8) is 0 Å². The number of imidazole rings is 1. The molecule has 0 aliphatic carbocycles. The van der Waals surface area contributed by atoms with Gasteiger partial charge in [0, 0.05) is 11.8 Å². The number of rotatable bonds is 6. The quantitative estimate of drug-likeness (QED) is 0.768. The number of methoxy groups -OCH3 is 1. The summed E-state index contributed by atoms with van der Waals surface area (Å²) < 4.78 is 7.35. The zero-order valence-corrected chi connectivity index (χ0v) is 12.8. The van der Waals surface area contributed by atoms with Crippen LogP contribution in [0.4, 0.5) is 0 Å². The lowest BCUT2D eigenvalue weighted by Gasteiger charge is -2.18. The maximum Gasteiger partial charge on any atom is 0.245 e. The lowest BCUT2D eigenvalue weighted by Crippen LogP contribution is -2.14. The van der Waals surface area contributed by atoms with E-state index in [-0.39, 0.29) is 0 Å². The third-order valence-electron chi connectivity index (χ3n) is 3.02. The molecule has 0 spiro atoms. The molecule has 0 bridgehead atoms. The molecule has 0 aliphatic heterocycles. The third kappa shape index (κ3) is 2.65. The van der Waals surface area contributed by atoms with Crippen LogP contribution in [-0.2, 0) is 5.88 Å². The van der Waals surface area contributed by atoms with Crippen LogP contribution in [0.3, 0.4) is 0 Å². The molecule has 1 unspecified atom stereocenters. The zero-order valence-electron chi connectivity index (χ0n) is 11.3. The second-order valence-corrected chi connectivity index (χ2v) is 5.28. The summed E-state index contributed by atoms with van der Waals surface area (Å²) in [5.41, 5.74) is 1.48. The van der Waals surface area contributed by atoms with Gasteiger partial charge in [0.1, 0.15) is 12.2 Å². The van der Waals surface area contributed by atoms with Crippen LogP contribution in [0.25, 0.3) is 11.2 Å². The van der Waals surface area contributed by atoms with E-state index in [1.807, 2.05) is 0 Å². The molecule has 19 heavy (non-hydrogen) atoms. The summed E-state index contributed by atoms with van der Waals surface area (Å²) in [5, 5.41) is 0.